The van der Waals surface area contributed by atoms with Gasteiger partial charge in [-0.15, -0.1) is 0 Å². The number of carbonyl (C=O) groups excluding carboxylic acids is 2. The summed E-state index contributed by atoms with van der Waals surface area (Å²) in [6.45, 7) is 5.13. The van der Waals surface area contributed by atoms with E-state index in [1.165, 1.54) is 15.5 Å². The monoisotopic (exact) mass is 384 g/mol. The summed E-state index contributed by atoms with van der Waals surface area (Å²) in [6, 6.07) is 4.87. The Morgan fingerprint density at radius 1 is 1.46 bits per heavy atom. The SMILES string of the molecule is C=CCOC(=O)C1=C(c2ccc3oc(=O)n(C)c3c2)C[C@@H]2[C@@H]([C@@H](C)O)C(=O)N12. The molecule has 1 fully saturated rings. The number of fused-ring (bicyclic) bond motifs is 2. The summed E-state index contributed by atoms with van der Waals surface area (Å²) in [5.74, 6) is -1.94. The molecule has 1 saturated heterocycles. The number of aromatic nitrogens is 1. The smallest absolute Gasteiger partial charge is 0.419 e. The van der Waals surface area contributed by atoms with Crippen molar-refractivity contribution in [1.82, 2.24) is 9.47 Å². The Hall–Kier alpha value is -3.13. The molecule has 0 unspecified atom stereocenters. The quantitative estimate of drug-likeness (QED) is 0.472. The van der Waals surface area contributed by atoms with Gasteiger partial charge in [0.25, 0.3) is 0 Å². The number of aliphatic hydroxyl groups is 1. The number of aryl methyl sites for hydroxylation is 1. The summed E-state index contributed by atoms with van der Waals surface area (Å²) in [4.78, 5) is 38.4. The second-order valence-corrected chi connectivity index (χ2v) is 7.07. The molecule has 3 atom stereocenters. The van der Waals surface area contributed by atoms with Crippen molar-refractivity contribution in [3.8, 4) is 0 Å². The van der Waals surface area contributed by atoms with E-state index in [2.05, 4.69) is 6.58 Å². The molecule has 146 valence electrons. The maximum absolute atomic E-state index is 12.7. The number of carbonyl (C=O) groups is 2. The van der Waals surface area contributed by atoms with E-state index in [1.807, 2.05) is 0 Å². The highest BCUT2D eigenvalue weighted by Gasteiger charge is 2.57. The minimum Gasteiger partial charge on any atom is -0.457 e. The van der Waals surface area contributed by atoms with Gasteiger partial charge < -0.3 is 19.2 Å². The number of rotatable bonds is 5. The minimum absolute atomic E-state index is 0.0252. The molecule has 3 heterocycles. The van der Waals surface area contributed by atoms with Crippen molar-refractivity contribution >= 4 is 28.5 Å². The number of esters is 1. The average molecular weight is 384 g/mol. The van der Waals surface area contributed by atoms with Gasteiger partial charge in [0.1, 0.15) is 12.3 Å². The zero-order chi connectivity index (χ0) is 20.2. The van der Waals surface area contributed by atoms with Gasteiger partial charge in [0.2, 0.25) is 5.91 Å². The Bertz CT molecular complexity index is 1090. The number of oxazole rings is 1. The topological polar surface area (TPSA) is 102 Å². The molecule has 1 aromatic heterocycles. The van der Waals surface area contributed by atoms with Gasteiger partial charge in [-0.05, 0) is 36.6 Å². The van der Waals surface area contributed by atoms with Gasteiger partial charge in [0.15, 0.2) is 5.58 Å². The van der Waals surface area contributed by atoms with E-state index in [9.17, 15) is 19.5 Å². The van der Waals surface area contributed by atoms with Crippen LogP contribution in [0.3, 0.4) is 0 Å². The van der Waals surface area contributed by atoms with Crippen molar-refractivity contribution in [3.63, 3.8) is 0 Å². The third-order valence-corrected chi connectivity index (χ3v) is 5.39. The standard InChI is InChI=1S/C20H20N2O6/c1-4-7-27-19(25)17-12(9-14-16(10(2)23)18(24)22(14)17)11-5-6-15-13(8-11)21(3)20(26)28-15/h4-6,8,10,14,16,23H,1,7,9H2,2-3H3/t10-,14-,16-/m1/s1. The number of nitrogens with zero attached hydrogens (tertiary/aromatic N) is 2. The molecule has 2 aromatic rings. The van der Waals surface area contributed by atoms with Crippen LogP contribution in [0.15, 0.2) is 45.8 Å². The molecule has 2 aliphatic heterocycles. The zero-order valence-electron chi connectivity index (χ0n) is 15.5. The minimum atomic E-state index is -0.810. The molecular formula is C20H20N2O6. The number of hydrogen-bond donors (Lipinski definition) is 1. The van der Waals surface area contributed by atoms with Crippen molar-refractivity contribution in [3.05, 3.63) is 52.7 Å². The van der Waals surface area contributed by atoms with E-state index in [0.29, 0.717) is 28.7 Å². The fourth-order valence-corrected chi connectivity index (χ4v) is 4.03. The van der Waals surface area contributed by atoms with Crippen molar-refractivity contribution in [2.75, 3.05) is 6.61 Å². The van der Waals surface area contributed by atoms with Crippen LogP contribution in [0.1, 0.15) is 18.9 Å². The molecule has 1 aromatic carbocycles. The molecule has 0 spiro atoms. The highest BCUT2D eigenvalue weighted by atomic mass is 16.5. The number of hydrogen-bond acceptors (Lipinski definition) is 6. The lowest BCUT2D eigenvalue weighted by atomic mass is 9.82. The van der Waals surface area contributed by atoms with Gasteiger partial charge in [-0.1, -0.05) is 18.7 Å². The summed E-state index contributed by atoms with van der Waals surface area (Å²) < 4.78 is 11.7. The van der Waals surface area contributed by atoms with Gasteiger partial charge in [-0.25, -0.2) is 9.59 Å². The summed E-state index contributed by atoms with van der Waals surface area (Å²) in [5, 5.41) is 9.95. The molecule has 0 aliphatic carbocycles. The molecule has 0 saturated carbocycles. The van der Waals surface area contributed by atoms with Gasteiger partial charge in [0, 0.05) is 7.05 Å². The van der Waals surface area contributed by atoms with E-state index in [4.69, 9.17) is 9.15 Å². The number of amides is 1. The normalized spacial score (nSPS) is 22.2. The maximum atomic E-state index is 12.7. The first kappa shape index (κ1) is 18.2. The molecule has 0 radical (unpaired) electrons. The summed E-state index contributed by atoms with van der Waals surface area (Å²) in [6.07, 6.45) is 1.06. The van der Waals surface area contributed by atoms with Crippen LogP contribution >= 0.6 is 0 Å². The second-order valence-electron chi connectivity index (χ2n) is 7.07. The van der Waals surface area contributed by atoms with Crippen LogP contribution in [0.4, 0.5) is 0 Å². The number of β-lactam (4-membered cyclic amide) rings is 1. The van der Waals surface area contributed by atoms with E-state index in [-0.39, 0.29) is 24.3 Å². The Kier molecular flexibility index (Phi) is 4.23. The summed E-state index contributed by atoms with van der Waals surface area (Å²) >= 11 is 0. The molecule has 4 rings (SSSR count). The third kappa shape index (κ3) is 2.52. The first-order valence-corrected chi connectivity index (χ1v) is 8.97. The molecule has 1 amide bonds. The molecule has 2 aliphatic rings. The highest BCUT2D eigenvalue weighted by Crippen LogP contribution is 2.47. The Morgan fingerprint density at radius 3 is 2.89 bits per heavy atom. The first-order valence-electron chi connectivity index (χ1n) is 8.97. The second kappa shape index (κ2) is 6.49. The lowest BCUT2D eigenvalue weighted by Gasteiger charge is -2.44. The van der Waals surface area contributed by atoms with Gasteiger partial charge in [-0.2, -0.15) is 0 Å². The summed E-state index contributed by atoms with van der Waals surface area (Å²) in [7, 11) is 1.60. The fraction of sp³-hybridized carbons (Fsp3) is 0.350. The van der Waals surface area contributed by atoms with Gasteiger partial charge in [-0.3, -0.25) is 9.36 Å². The number of benzene rings is 1. The van der Waals surface area contributed by atoms with Crippen LogP contribution in [0.5, 0.6) is 0 Å². The first-order chi connectivity index (χ1) is 13.3. The largest absolute Gasteiger partial charge is 0.457 e. The Labute approximate surface area is 160 Å². The molecule has 0 bridgehead atoms. The fourth-order valence-electron chi connectivity index (χ4n) is 4.03. The molecule has 28 heavy (non-hydrogen) atoms. The molecule has 8 heteroatoms. The van der Waals surface area contributed by atoms with Crippen molar-refractivity contribution < 1.29 is 23.8 Å². The van der Waals surface area contributed by atoms with E-state index < -0.39 is 23.7 Å². The number of ether oxygens (including phenoxy) is 1. The summed E-state index contributed by atoms with van der Waals surface area (Å²) in [5.41, 5.74) is 2.54. The Morgan fingerprint density at radius 2 is 2.21 bits per heavy atom. The van der Waals surface area contributed by atoms with E-state index in [1.54, 1.807) is 32.2 Å². The lowest BCUT2D eigenvalue weighted by molar-refractivity contribution is -0.162. The van der Waals surface area contributed by atoms with Crippen LogP contribution in [0, 0.1) is 5.92 Å². The molecular weight excluding hydrogens is 364 g/mol. The predicted octanol–water partition coefficient (Wildman–Crippen LogP) is 1.18. The molecule has 8 nitrogen and oxygen atoms in total. The van der Waals surface area contributed by atoms with Gasteiger partial charge >= 0.3 is 11.7 Å². The van der Waals surface area contributed by atoms with Crippen molar-refractivity contribution in [2.24, 2.45) is 13.0 Å². The van der Waals surface area contributed by atoms with Crippen LogP contribution in [0.2, 0.25) is 0 Å². The maximum Gasteiger partial charge on any atom is 0.419 e. The van der Waals surface area contributed by atoms with E-state index >= 15 is 0 Å². The van der Waals surface area contributed by atoms with Crippen molar-refractivity contribution in [2.45, 2.75) is 25.5 Å². The third-order valence-electron chi connectivity index (χ3n) is 5.39. The van der Waals surface area contributed by atoms with Crippen LogP contribution in [-0.2, 0) is 21.4 Å². The zero-order valence-corrected chi connectivity index (χ0v) is 15.5. The van der Waals surface area contributed by atoms with Crippen LogP contribution in [0.25, 0.3) is 16.7 Å². The van der Waals surface area contributed by atoms with Crippen LogP contribution < -0.4 is 5.76 Å². The van der Waals surface area contributed by atoms with Crippen LogP contribution in [-0.4, -0.2) is 45.2 Å². The van der Waals surface area contributed by atoms with E-state index in [0.717, 1.165) is 0 Å². The lowest BCUT2D eigenvalue weighted by Crippen LogP contribution is -2.61. The Balaban J connectivity index is 1.82. The van der Waals surface area contributed by atoms with Gasteiger partial charge in [0.05, 0.1) is 23.6 Å². The average Bonchev–Trinajstić information content (AvgIpc) is 3.14. The number of aliphatic hydroxyl groups excluding tert-OH is 1. The highest BCUT2D eigenvalue weighted by molar-refractivity contribution is 6.07. The molecule has 1 N–H and O–H groups in total. The van der Waals surface area contributed by atoms with Crippen molar-refractivity contribution in [1.29, 1.82) is 0 Å². The predicted molar refractivity (Wildman–Crippen MR) is 100.0 cm³/mol.